The fraction of sp³-hybridized carbons (Fsp3) is 0.417. The topological polar surface area (TPSA) is 71.5 Å². The van der Waals surface area contributed by atoms with Crippen LogP contribution in [-0.4, -0.2) is 35.6 Å². The minimum absolute atomic E-state index is 0.0126. The van der Waals surface area contributed by atoms with Gasteiger partial charge in [0.25, 0.3) is 5.91 Å². The van der Waals surface area contributed by atoms with E-state index >= 15 is 0 Å². The van der Waals surface area contributed by atoms with Gasteiger partial charge in [0.1, 0.15) is 11.5 Å². The Morgan fingerprint density at radius 2 is 1.90 bits per heavy atom. The highest BCUT2D eigenvalue weighted by atomic mass is 16.5. The molecule has 3 heterocycles. The smallest absolute Gasteiger partial charge is 0.273 e. The van der Waals surface area contributed by atoms with Crippen LogP contribution in [0.1, 0.15) is 53.4 Å². The van der Waals surface area contributed by atoms with Crippen molar-refractivity contribution in [3.05, 3.63) is 65.2 Å². The van der Waals surface area contributed by atoms with Gasteiger partial charge in [-0.1, -0.05) is 41.9 Å². The number of rotatable bonds is 6. The Bertz CT molecular complexity index is 981. The van der Waals surface area contributed by atoms with Crippen LogP contribution < -0.4 is 5.32 Å². The maximum absolute atomic E-state index is 12.7. The van der Waals surface area contributed by atoms with Crippen LogP contribution in [-0.2, 0) is 0 Å². The van der Waals surface area contributed by atoms with Crippen LogP contribution in [0.3, 0.4) is 0 Å². The van der Waals surface area contributed by atoms with Gasteiger partial charge in [0, 0.05) is 18.2 Å². The molecular formula is C24H29N3O3. The van der Waals surface area contributed by atoms with Crippen LogP contribution in [0, 0.1) is 19.8 Å². The molecule has 0 unspecified atom stereocenters. The summed E-state index contributed by atoms with van der Waals surface area (Å²) in [7, 11) is 0. The quantitative estimate of drug-likeness (QED) is 0.638. The van der Waals surface area contributed by atoms with Gasteiger partial charge in [-0.3, -0.25) is 9.69 Å². The fourth-order valence-electron chi connectivity index (χ4n) is 3.90. The molecular weight excluding hydrogens is 378 g/mol. The van der Waals surface area contributed by atoms with Gasteiger partial charge in [-0.2, -0.15) is 0 Å². The third-order valence-electron chi connectivity index (χ3n) is 5.88. The first kappa shape index (κ1) is 20.4. The fourth-order valence-corrected chi connectivity index (χ4v) is 3.90. The maximum Gasteiger partial charge on any atom is 0.273 e. The molecule has 1 fully saturated rings. The largest absolute Gasteiger partial charge is 0.465 e. The van der Waals surface area contributed by atoms with Crippen LogP contribution in [0.5, 0.6) is 0 Å². The van der Waals surface area contributed by atoms with Crippen molar-refractivity contribution >= 4 is 5.91 Å². The van der Waals surface area contributed by atoms with Crippen LogP contribution >= 0.6 is 0 Å². The number of nitrogens with zero attached hydrogens (tertiary/aromatic N) is 2. The Labute approximate surface area is 177 Å². The van der Waals surface area contributed by atoms with Gasteiger partial charge in [0.05, 0.1) is 6.04 Å². The summed E-state index contributed by atoms with van der Waals surface area (Å²) in [5.41, 5.74) is 2.35. The maximum atomic E-state index is 12.7. The summed E-state index contributed by atoms with van der Waals surface area (Å²) in [4.78, 5) is 15.1. The Balaban J connectivity index is 1.44. The van der Waals surface area contributed by atoms with E-state index in [1.807, 2.05) is 50.2 Å². The number of hydrogen-bond donors (Lipinski definition) is 1. The molecule has 0 saturated carbocycles. The van der Waals surface area contributed by atoms with Gasteiger partial charge in [-0.25, -0.2) is 0 Å². The lowest BCUT2D eigenvalue weighted by atomic mass is 9.97. The molecule has 6 heteroatoms. The summed E-state index contributed by atoms with van der Waals surface area (Å²) in [5.74, 6) is 2.86. The molecule has 6 nitrogen and oxygen atoms in total. The summed E-state index contributed by atoms with van der Waals surface area (Å²) in [6.07, 6.45) is 2.32. The zero-order chi connectivity index (χ0) is 21.1. The summed E-state index contributed by atoms with van der Waals surface area (Å²) in [5, 5.41) is 6.99. The summed E-state index contributed by atoms with van der Waals surface area (Å²) >= 11 is 0. The van der Waals surface area contributed by atoms with Gasteiger partial charge in [-0.15, -0.1) is 0 Å². The van der Waals surface area contributed by atoms with Crippen molar-refractivity contribution < 1.29 is 13.7 Å². The highest BCUT2D eigenvalue weighted by Gasteiger charge is 2.27. The molecule has 1 saturated heterocycles. The number of amides is 1. The lowest BCUT2D eigenvalue weighted by Gasteiger charge is -2.35. The molecule has 3 aromatic rings. The van der Waals surface area contributed by atoms with Crippen molar-refractivity contribution in [3.8, 4) is 11.3 Å². The van der Waals surface area contributed by atoms with E-state index in [-0.39, 0.29) is 17.6 Å². The normalized spacial score (nSPS) is 16.5. The van der Waals surface area contributed by atoms with Crippen molar-refractivity contribution in [1.29, 1.82) is 0 Å². The number of hydrogen-bond acceptors (Lipinski definition) is 5. The Morgan fingerprint density at radius 1 is 1.17 bits per heavy atom. The standard InChI is InChI=1S/C24H29N3O3/c1-16-4-7-19(8-5-16)23-14-20(26-30-23)24(28)25-15-21(22-9-6-18(3)29-22)27-12-10-17(2)11-13-27/h4-9,14,17,21H,10-13,15H2,1-3H3,(H,25,28)/t21-/m1/s1. The second-order valence-electron chi connectivity index (χ2n) is 8.34. The molecule has 1 aliphatic rings. The van der Waals surface area contributed by atoms with Crippen molar-refractivity contribution in [1.82, 2.24) is 15.4 Å². The van der Waals surface area contributed by atoms with E-state index in [0.29, 0.717) is 12.3 Å². The number of carbonyl (C=O) groups is 1. The Hall–Kier alpha value is -2.86. The molecule has 0 aliphatic carbocycles. The second-order valence-corrected chi connectivity index (χ2v) is 8.34. The van der Waals surface area contributed by atoms with Crippen LogP contribution in [0.15, 0.2) is 51.4 Å². The molecule has 1 N–H and O–H groups in total. The monoisotopic (exact) mass is 407 g/mol. The highest BCUT2D eigenvalue weighted by Crippen LogP contribution is 2.28. The first-order chi connectivity index (χ1) is 14.5. The molecule has 158 valence electrons. The number of carbonyl (C=O) groups excluding carboxylic acids is 1. The molecule has 30 heavy (non-hydrogen) atoms. The minimum atomic E-state index is -0.240. The average Bonchev–Trinajstić information content (AvgIpc) is 3.39. The molecule has 2 aromatic heterocycles. The first-order valence-electron chi connectivity index (χ1n) is 10.6. The van der Waals surface area contributed by atoms with Gasteiger partial charge >= 0.3 is 0 Å². The number of aromatic nitrogens is 1. The zero-order valence-corrected chi connectivity index (χ0v) is 17.9. The number of furan rings is 1. The number of aryl methyl sites for hydroxylation is 2. The van der Waals surface area contributed by atoms with Crippen molar-refractivity contribution in [2.75, 3.05) is 19.6 Å². The summed E-state index contributed by atoms with van der Waals surface area (Å²) < 4.78 is 11.3. The molecule has 0 bridgehead atoms. The molecule has 1 aromatic carbocycles. The summed E-state index contributed by atoms with van der Waals surface area (Å²) in [6.45, 7) is 8.74. The van der Waals surface area contributed by atoms with E-state index in [1.165, 1.54) is 5.56 Å². The van der Waals surface area contributed by atoms with Crippen molar-refractivity contribution in [3.63, 3.8) is 0 Å². The van der Waals surface area contributed by atoms with Crippen LogP contribution in [0.4, 0.5) is 0 Å². The zero-order valence-electron chi connectivity index (χ0n) is 17.9. The lowest BCUT2D eigenvalue weighted by molar-refractivity contribution is 0.0887. The van der Waals surface area contributed by atoms with Gasteiger partial charge < -0.3 is 14.3 Å². The number of nitrogens with one attached hydrogen (secondary N) is 1. The molecule has 0 spiro atoms. The van der Waals surface area contributed by atoms with E-state index in [2.05, 4.69) is 22.3 Å². The van der Waals surface area contributed by atoms with Gasteiger partial charge in [0.2, 0.25) is 0 Å². The van der Waals surface area contributed by atoms with E-state index in [9.17, 15) is 4.79 Å². The molecule has 1 aliphatic heterocycles. The summed E-state index contributed by atoms with van der Waals surface area (Å²) in [6, 6.07) is 13.6. The van der Waals surface area contributed by atoms with E-state index < -0.39 is 0 Å². The second kappa shape index (κ2) is 8.88. The molecule has 4 rings (SSSR count). The molecule has 0 radical (unpaired) electrons. The van der Waals surface area contributed by atoms with E-state index in [1.54, 1.807) is 6.07 Å². The minimum Gasteiger partial charge on any atom is -0.465 e. The average molecular weight is 408 g/mol. The SMILES string of the molecule is Cc1ccc(-c2cc(C(=O)NC[C@H](c3ccc(C)o3)N3CCC(C)CC3)no2)cc1. The Morgan fingerprint density at radius 3 is 2.57 bits per heavy atom. The molecule has 1 amide bonds. The Kier molecular flexibility index (Phi) is 6.04. The first-order valence-corrected chi connectivity index (χ1v) is 10.6. The van der Waals surface area contributed by atoms with Crippen LogP contribution in [0.25, 0.3) is 11.3 Å². The van der Waals surface area contributed by atoms with Crippen LogP contribution in [0.2, 0.25) is 0 Å². The van der Waals surface area contributed by atoms with E-state index in [4.69, 9.17) is 8.94 Å². The van der Waals surface area contributed by atoms with E-state index in [0.717, 1.165) is 48.9 Å². The van der Waals surface area contributed by atoms with Gasteiger partial charge in [0.15, 0.2) is 11.5 Å². The number of likely N-dealkylation sites (tertiary alicyclic amines) is 1. The number of benzene rings is 1. The predicted molar refractivity (Wildman–Crippen MR) is 115 cm³/mol. The highest BCUT2D eigenvalue weighted by molar-refractivity contribution is 5.93. The van der Waals surface area contributed by atoms with Crippen molar-refractivity contribution in [2.24, 2.45) is 5.92 Å². The third kappa shape index (κ3) is 4.65. The molecule has 1 atom stereocenters. The number of piperidine rings is 1. The van der Waals surface area contributed by atoms with Crippen molar-refractivity contribution in [2.45, 2.75) is 39.7 Å². The third-order valence-corrected chi connectivity index (χ3v) is 5.88. The van der Waals surface area contributed by atoms with Gasteiger partial charge in [-0.05, 0) is 57.8 Å². The lowest BCUT2D eigenvalue weighted by Crippen LogP contribution is -2.41. The predicted octanol–water partition coefficient (Wildman–Crippen LogP) is 4.75.